The van der Waals surface area contributed by atoms with Gasteiger partial charge in [0.15, 0.2) is 0 Å². The highest BCUT2D eigenvalue weighted by Crippen LogP contribution is 2.43. The van der Waals surface area contributed by atoms with Crippen molar-refractivity contribution in [2.24, 2.45) is 9.98 Å². The largest absolute Gasteiger partial charge is 0.277 e. The lowest BCUT2D eigenvalue weighted by molar-refractivity contribution is 0.558. The van der Waals surface area contributed by atoms with Gasteiger partial charge < -0.3 is 0 Å². The van der Waals surface area contributed by atoms with E-state index in [-0.39, 0.29) is 5.54 Å². The van der Waals surface area contributed by atoms with Crippen LogP contribution in [-0.2, 0) is 5.54 Å². The molecule has 3 nitrogen and oxygen atoms in total. The molecule has 1 aromatic heterocycles. The van der Waals surface area contributed by atoms with Crippen molar-refractivity contribution in [3.8, 4) is 0 Å². The van der Waals surface area contributed by atoms with Crippen LogP contribution in [0.15, 0.2) is 70.5 Å². The van der Waals surface area contributed by atoms with Gasteiger partial charge in [-0.05, 0) is 24.6 Å². The summed E-state index contributed by atoms with van der Waals surface area (Å²) in [5.74, 6) is 0. The van der Waals surface area contributed by atoms with Crippen LogP contribution in [0.1, 0.15) is 18.9 Å². The molecule has 0 radical (unpaired) electrons. The van der Waals surface area contributed by atoms with Crippen molar-refractivity contribution in [1.82, 2.24) is 4.98 Å². The molecule has 1 unspecified atom stereocenters. The second kappa shape index (κ2) is 4.48. The molecule has 0 spiro atoms. The Hall–Kier alpha value is -2.55. The van der Waals surface area contributed by atoms with Crippen LogP contribution < -0.4 is 10.6 Å². The molecule has 4 rings (SSSR count). The number of para-hydroxylation sites is 1. The molecule has 0 saturated carbocycles. The number of hydrogen-bond acceptors (Lipinski definition) is 3. The molecule has 21 heavy (non-hydrogen) atoms. The number of hydrogen-bond donors (Lipinski definition) is 0. The number of rotatable bonds is 2. The van der Waals surface area contributed by atoms with Crippen LogP contribution in [-0.4, -0.2) is 11.2 Å². The number of aromatic nitrogens is 1. The third kappa shape index (κ3) is 1.64. The SMILES string of the molecule is CCC1(c2cccnc2)N=CC=C2N=c3ccccc3=C21. The maximum Gasteiger partial charge on any atom is 0.114 e. The lowest BCUT2D eigenvalue weighted by atomic mass is 9.78. The van der Waals surface area contributed by atoms with Crippen molar-refractivity contribution in [2.45, 2.75) is 18.9 Å². The van der Waals surface area contributed by atoms with Crippen LogP contribution in [0.25, 0.3) is 5.57 Å². The van der Waals surface area contributed by atoms with Crippen LogP contribution >= 0.6 is 0 Å². The Morgan fingerprint density at radius 1 is 1.10 bits per heavy atom. The van der Waals surface area contributed by atoms with Crippen molar-refractivity contribution in [3.63, 3.8) is 0 Å². The number of allylic oxidation sites excluding steroid dienone is 1. The van der Waals surface area contributed by atoms with Gasteiger partial charge in [0.1, 0.15) is 5.54 Å². The predicted molar refractivity (Wildman–Crippen MR) is 83.4 cm³/mol. The summed E-state index contributed by atoms with van der Waals surface area (Å²) in [6.45, 7) is 2.17. The zero-order chi connectivity index (χ0) is 14.3. The smallest absolute Gasteiger partial charge is 0.114 e. The quantitative estimate of drug-likeness (QED) is 0.826. The van der Waals surface area contributed by atoms with Gasteiger partial charge in [-0.15, -0.1) is 0 Å². The van der Waals surface area contributed by atoms with Gasteiger partial charge in [-0.25, -0.2) is 4.99 Å². The van der Waals surface area contributed by atoms with Crippen molar-refractivity contribution in [2.75, 3.05) is 0 Å². The summed E-state index contributed by atoms with van der Waals surface area (Å²) in [5, 5.41) is 2.22. The molecule has 102 valence electrons. The van der Waals surface area contributed by atoms with E-state index in [9.17, 15) is 0 Å². The molecule has 1 atom stereocenters. The Balaban J connectivity index is 2.10. The molecular formula is C18H15N3. The molecule has 0 N–H and O–H groups in total. The molecule has 2 aliphatic rings. The lowest BCUT2D eigenvalue weighted by Crippen LogP contribution is -2.34. The van der Waals surface area contributed by atoms with E-state index in [0.717, 1.165) is 23.0 Å². The van der Waals surface area contributed by atoms with Crippen LogP contribution in [0.5, 0.6) is 0 Å². The maximum absolute atomic E-state index is 4.85. The Bertz CT molecular complexity index is 878. The van der Waals surface area contributed by atoms with Crippen molar-refractivity contribution in [3.05, 3.63) is 76.7 Å². The highest BCUT2D eigenvalue weighted by molar-refractivity contribution is 5.88. The Morgan fingerprint density at radius 2 is 2.00 bits per heavy atom. The van der Waals surface area contributed by atoms with Crippen molar-refractivity contribution >= 4 is 11.8 Å². The number of pyridine rings is 1. The number of aliphatic imine (C=N–C) groups is 1. The first-order valence-corrected chi connectivity index (χ1v) is 7.20. The minimum atomic E-state index is -0.381. The number of benzene rings is 1. The molecule has 0 amide bonds. The standard InChI is InChI=1S/C18H15N3/c1-2-18(13-6-5-10-19-12-13)17-14-7-3-4-8-15(14)21-16(17)9-11-20-18/h3-12H,2H2,1H3. The summed E-state index contributed by atoms with van der Waals surface area (Å²) in [7, 11) is 0. The van der Waals surface area contributed by atoms with Gasteiger partial charge in [0, 0.05) is 35.0 Å². The fourth-order valence-electron chi connectivity index (χ4n) is 3.26. The van der Waals surface area contributed by atoms with Gasteiger partial charge in [0.25, 0.3) is 0 Å². The fourth-order valence-corrected chi connectivity index (χ4v) is 3.26. The molecule has 0 saturated heterocycles. The van der Waals surface area contributed by atoms with Crippen LogP contribution in [0.2, 0.25) is 0 Å². The molecular weight excluding hydrogens is 258 g/mol. The lowest BCUT2D eigenvalue weighted by Gasteiger charge is -2.32. The van der Waals surface area contributed by atoms with Crippen LogP contribution in [0.4, 0.5) is 0 Å². The second-order valence-corrected chi connectivity index (χ2v) is 5.29. The average molecular weight is 273 g/mol. The molecule has 0 bridgehead atoms. The minimum absolute atomic E-state index is 0.381. The molecule has 1 aromatic carbocycles. The number of fused-ring (bicyclic) bond motifs is 2. The number of nitrogens with zero attached hydrogens (tertiary/aromatic N) is 3. The monoisotopic (exact) mass is 273 g/mol. The van der Waals surface area contributed by atoms with E-state index in [2.05, 4.69) is 36.2 Å². The minimum Gasteiger partial charge on any atom is -0.277 e. The first-order chi connectivity index (χ1) is 10.3. The first kappa shape index (κ1) is 12.2. The second-order valence-electron chi connectivity index (χ2n) is 5.29. The van der Waals surface area contributed by atoms with Crippen LogP contribution in [0, 0.1) is 0 Å². The summed E-state index contributed by atoms with van der Waals surface area (Å²) < 4.78 is 0. The van der Waals surface area contributed by atoms with E-state index in [0.29, 0.717) is 0 Å². The van der Waals surface area contributed by atoms with Gasteiger partial charge in [0.2, 0.25) is 0 Å². The molecule has 2 aliphatic heterocycles. The highest BCUT2D eigenvalue weighted by atomic mass is 14.9. The fraction of sp³-hybridized carbons (Fsp3) is 0.167. The summed E-state index contributed by atoms with van der Waals surface area (Å²) in [4.78, 5) is 13.9. The third-order valence-corrected chi connectivity index (χ3v) is 4.26. The molecule has 2 aromatic rings. The molecule has 3 heterocycles. The normalized spacial score (nSPS) is 22.3. The van der Waals surface area contributed by atoms with Crippen molar-refractivity contribution in [1.29, 1.82) is 0 Å². The Morgan fingerprint density at radius 3 is 2.81 bits per heavy atom. The van der Waals surface area contributed by atoms with Gasteiger partial charge >= 0.3 is 0 Å². The van der Waals surface area contributed by atoms with Gasteiger partial charge in [0.05, 0.1) is 11.1 Å². The molecule has 0 fully saturated rings. The summed E-state index contributed by atoms with van der Waals surface area (Å²) in [5.41, 5.74) is 2.97. The summed E-state index contributed by atoms with van der Waals surface area (Å²) in [6.07, 6.45) is 8.47. The Kier molecular flexibility index (Phi) is 2.61. The predicted octanol–water partition coefficient (Wildman–Crippen LogP) is 2.14. The molecule has 3 heteroatoms. The first-order valence-electron chi connectivity index (χ1n) is 7.20. The Labute approximate surface area is 123 Å². The topological polar surface area (TPSA) is 37.6 Å². The van der Waals surface area contributed by atoms with E-state index in [1.165, 1.54) is 10.8 Å². The third-order valence-electron chi connectivity index (χ3n) is 4.26. The van der Waals surface area contributed by atoms with E-state index < -0.39 is 0 Å². The van der Waals surface area contributed by atoms with E-state index in [1.807, 2.05) is 30.6 Å². The average Bonchev–Trinajstić information content (AvgIpc) is 2.94. The zero-order valence-electron chi connectivity index (χ0n) is 11.8. The van der Waals surface area contributed by atoms with Gasteiger partial charge in [-0.2, -0.15) is 0 Å². The van der Waals surface area contributed by atoms with E-state index >= 15 is 0 Å². The number of dihydropyridines is 1. The van der Waals surface area contributed by atoms with Crippen LogP contribution in [0.3, 0.4) is 0 Å². The summed E-state index contributed by atoms with van der Waals surface area (Å²) in [6, 6.07) is 12.4. The van der Waals surface area contributed by atoms with Gasteiger partial charge in [-0.1, -0.05) is 31.2 Å². The van der Waals surface area contributed by atoms with Crippen molar-refractivity contribution < 1.29 is 0 Å². The maximum atomic E-state index is 4.85. The zero-order valence-corrected chi connectivity index (χ0v) is 11.8. The highest BCUT2D eigenvalue weighted by Gasteiger charge is 2.39. The van der Waals surface area contributed by atoms with Gasteiger partial charge in [-0.3, -0.25) is 9.98 Å². The summed E-state index contributed by atoms with van der Waals surface area (Å²) >= 11 is 0. The van der Waals surface area contributed by atoms with E-state index in [4.69, 9.17) is 9.98 Å². The van der Waals surface area contributed by atoms with E-state index in [1.54, 1.807) is 6.20 Å². The molecule has 0 aliphatic carbocycles.